The molecule has 1 unspecified atom stereocenters. The number of nitrogens with one attached hydrogen (secondary N) is 1. The molecule has 1 N–H and O–H groups in total. The third-order valence-electron chi connectivity index (χ3n) is 6.75. The first-order chi connectivity index (χ1) is 15.8. The fourth-order valence-electron chi connectivity index (χ4n) is 4.28. The highest BCUT2D eigenvalue weighted by Crippen LogP contribution is 2.34. The molecule has 1 fully saturated rings. The number of pyridine rings is 1. The van der Waals surface area contributed by atoms with Crippen LogP contribution in [-0.4, -0.2) is 82.4 Å². The lowest BCUT2D eigenvalue weighted by Gasteiger charge is -2.38. The maximum absolute atomic E-state index is 13.4. The predicted molar refractivity (Wildman–Crippen MR) is 126 cm³/mol. The zero-order chi connectivity index (χ0) is 23.8. The van der Waals surface area contributed by atoms with Crippen molar-refractivity contribution in [3.63, 3.8) is 0 Å². The Morgan fingerprint density at radius 1 is 1.09 bits per heavy atom. The third-order valence-corrected chi connectivity index (χ3v) is 6.75. The van der Waals surface area contributed by atoms with Crippen LogP contribution in [0.15, 0.2) is 23.0 Å². The molecule has 3 heterocycles. The van der Waals surface area contributed by atoms with Crippen molar-refractivity contribution in [2.24, 2.45) is 0 Å². The van der Waals surface area contributed by atoms with Gasteiger partial charge in [0, 0.05) is 43.2 Å². The van der Waals surface area contributed by atoms with Gasteiger partial charge in [0.1, 0.15) is 6.04 Å². The van der Waals surface area contributed by atoms with E-state index in [9.17, 15) is 4.79 Å². The molecule has 1 saturated heterocycles. The molecule has 0 radical (unpaired) electrons. The van der Waals surface area contributed by atoms with Gasteiger partial charge in [-0.05, 0) is 49.9 Å². The maximum atomic E-state index is 13.4. The number of aromatic nitrogens is 5. The number of tetrazole rings is 1. The van der Waals surface area contributed by atoms with Gasteiger partial charge in [-0.2, -0.15) is 0 Å². The van der Waals surface area contributed by atoms with Crippen molar-refractivity contribution in [3.05, 3.63) is 39.9 Å². The first-order valence-electron chi connectivity index (χ1n) is 11.3. The zero-order valence-corrected chi connectivity index (χ0v) is 20.3. The molecule has 4 rings (SSSR count). The van der Waals surface area contributed by atoms with Crippen molar-refractivity contribution in [1.82, 2.24) is 35.0 Å². The number of nitrogens with zero attached hydrogens (tertiary/aromatic N) is 6. The SMILES string of the molecule is CCC(C)(C)n1nnnc1C(c1cc2cc(OC)c(OC)cc2[nH]c1=O)N1CCN(C)CC1. The van der Waals surface area contributed by atoms with E-state index in [1.807, 2.05) is 16.8 Å². The van der Waals surface area contributed by atoms with Crippen molar-refractivity contribution < 1.29 is 9.47 Å². The van der Waals surface area contributed by atoms with E-state index in [4.69, 9.17) is 9.47 Å². The highest BCUT2D eigenvalue weighted by Gasteiger charge is 2.35. The molecule has 33 heavy (non-hydrogen) atoms. The number of likely N-dealkylation sites (N-methyl/N-ethyl adjacent to an activating group) is 1. The standard InChI is InChI=1S/C23H33N7O3/c1-7-23(2,3)30-21(25-26-27-30)20(29-10-8-28(4)9-11-29)16-12-15-13-18(32-5)19(33-6)14-17(15)24-22(16)31/h12-14,20H,7-11H2,1-6H3,(H,24,31). The fourth-order valence-corrected chi connectivity index (χ4v) is 4.28. The molecule has 1 aliphatic rings. The Hall–Kier alpha value is -2.98. The van der Waals surface area contributed by atoms with Gasteiger partial charge in [0.05, 0.1) is 25.3 Å². The second-order valence-corrected chi connectivity index (χ2v) is 9.20. The van der Waals surface area contributed by atoms with Gasteiger partial charge in [-0.25, -0.2) is 4.68 Å². The number of piperazine rings is 1. The first-order valence-corrected chi connectivity index (χ1v) is 11.3. The minimum absolute atomic E-state index is 0.164. The van der Waals surface area contributed by atoms with Crippen LogP contribution in [0.25, 0.3) is 10.9 Å². The summed E-state index contributed by atoms with van der Waals surface area (Å²) in [7, 11) is 5.29. The van der Waals surface area contributed by atoms with Gasteiger partial charge in [-0.1, -0.05) is 6.92 Å². The smallest absolute Gasteiger partial charge is 0.253 e. The van der Waals surface area contributed by atoms with Gasteiger partial charge < -0.3 is 19.4 Å². The molecule has 0 saturated carbocycles. The van der Waals surface area contributed by atoms with E-state index >= 15 is 0 Å². The molecule has 178 valence electrons. The molecule has 10 nitrogen and oxygen atoms in total. The summed E-state index contributed by atoms with van der Waals surface area (Å²) in [6.07, 6.45) is 0.853. The van der Waals surface area contributed by atoms with Crippen molar-refractivity contribution >= 4 is 10.9 Å². The molecule has 1 aromatic carbocycles. The van der Waals surface area contributed by atoms with E-state index < -0.39 is 0 Å². The summed E-state index contributed by atoms with van der Waals surface area (Å²) >= 11 is 0. The van der Waals surface area contributed by atoms with Crippen LogP contribution in [0.1, 0.15) is 44.6 Å². The molecular formula is C23H33N7O3. The number of rotatable bonds is 7. The van der Waals surface area contributed by atoms with E-state index in [-0.39, 0.29) is 17.1 Å². The molecular weight excluding hydrogens is 422 g/mol. The average molecular weight is 456 g/mol. The Morgan fingerprint density at radius 3 is 2.39 bits per heavy atom. The number of benzene rings is 1. The second-order valence-electron chi connectivity index (χ2n) is 9.20. The number of methoxy groups -OCH3 is 2. The minimum Gasteiger partial charge on any atom is -0.493 e. The van der Waals surface area contributed by atoms with Crippen LogP contribution in [0.3, 0.4) is 0 Å². The van der Waals surface area contributed by atoms with Crippen LogP contribution in [-0.2, 0) is 5.54 Å². The largest absolute Gasteiger partial charge is 0.493 e. The van der Waals surface area contributed by atoms with Crippen LogP contribution in [0.2, 0.25) is 0 Å². The highest BCUT2D eigenvalue weighted by atomic mass is 16.5. The molecule has 1 aliphatic heterocycles. The van der Waals surface area contributed by atoms with Crippen LogP contribution >= 0.6 is 0 Å². The minimum atomic E-state index is -0.374. The quantitative estimate of drug-likeness (QED) is 0.577. The molecule has 0 aliphatic carbocycles. The van der Waals surface area contributed by atoms with Crippen LogP contribution in [0.4, 0.5) is 0 Å². The van der Waals surface area contributed by atoms with Crippen LogP contribution < -0.4 is 15.0 Å². The van der Waals surface area contributed by atoms with Gasteiger partial charge >= 0.3 is 0 Å². The number of fused-ring (bicyclic) bond motifs is 1. The van der Waals surface area contributed by atoms with E-state index in [0.29, 0.717) is 28.4 Å². The monoisotopic (exact) mass is 455 g/mol. The average Bonchev–Trinajstić information content (AvgIpc) is 3.30. The van der Waals surface area contributed by atoms with E-state index in [1.165, 1.54) is 0 Å². The van der Waals surface area contributed by atoms with Gasteiger partial charge in [0.25, 0.3) is 5.56 Å². The molecule has 0 spiro atoms. The normalized spacial score (nSPS) is 16.8. The van der Waals surface area contributed by atoms with Crippen LogP contribution in [0, 0.1) is 0 Å². The number of ether oxygens (including phenoxy) is 2. The van der Waals surface area contributed by atoms with Gasteiger partial charge in [-0.3, -0.25) is 9.69 Å². The summed E-state index contributed by atoms with van der Waals surface area (Å²) in [4.78, 5) is 21.0. The van der Waals surface area contributed by atoms with Crippen molar-refractivity contribution in [2.75, 3.05) is 47.4 Å². The van der Waals surface area contributed by atoms with Crippen molar-refractivity contribution in [1.29, 1.82) is 0 Å². The second kappa shape index (κ2) is 9.11. The molecule has 10 heteroatoms. The molecule has 1 atom stereocenters. The van der Waals surface area contributed by atoms with Gasteiger partial charge in [0.15, 0.2) is 17.3 Å². The molecule has 0 bridgehead atoms. The molecule has 0 amide bonds. The third kappa shape index (κ3) is 4.32. The van der Waals surface area contributed by atoms with E-state index in [0.717, 1.165) is 38.0 Å². The fraction of sp³-hybridized carbons (Fsp3) is 0.565. The van der Waals surface area contributed by atoms with Gasteiger partial charge in [-0.15, -0.1) is 5.10 Å². The molecule has 2 aromatic heterocycles. The lowest BCUT2D eigenvalue weighted by atomic mass is 9.99. The summed E-state index contributed by atoms with van der Waals surface area (Å²) in [5.74, 6) is 1.85. The van der Waals surface area contributed by atoms with Crippen LogP contribution in [0.5, 0.6) is 11.5 Å². The van der Waals surface area contributed by atoms with E-state index in [2.05, 4.69) is 58.1 Å². The lowest BCUT2D eigenvalue weighted by molar-refractivity contribution is 0.117. The number of hydrogen-bond acceptors (Lipinski definition) is 8. The Kier molecular flexibility index (Phi) is 6.40. The highest BCUT2D eigenvalue weighted by molar-refractivity contribution is 5.83. The lowest BCUT2D eigenvalue weighted by Crippen LogP contribution is -2.48. The maximum Gasteiger partial charge on any atom is 0.253 e. The Labute approximate surface area is 193 Å². The summed E-state index contributed by atoms with van der Waals surface area (Å²) in [5, 5.41) is 13.6. The summed E-state index contributed by atoms with van der Waals surface area (Å²) in [6.45, 7) is 9.76. The number of aromatic amines is 1. The topological polar surface area (TPSA) is 101 Å². The summed E-state index contributed by atoms with van der Waals surface area (Å²) < 4.78 is 12.8. The predicted octanol–water partition coefficient (Wildman–Crippen LogP) is 2.01. The summed E-state index contributed by atoms with van der Waals surface area (Å²) in [5.41, 5.74) is 0.848. The Balaban J connectivity index is 1.90. The Bertz CT molecular complexity index is 1180. The van der Waals surface area contributed by atoms with Crippen molar-refractivity contribution in [3.8, 4) is 11.5 Å². The molecule has 3 aromatic rings. The zero-order valence-electron chi connectivity index (χ0n) is 20.3. The first kappa shape index (κ1) is 23.2. The Morgan fingerprint density at radius 2 is 1.76 bits per heavy atom. The van der Waals surface area contributed by atoms with Crippen molar-refractivity contribution in [2.45, 2.75) is 38.8 Å². The van der Waals surface area contributed by atoms with E-state index in [1.54, 1.807) is 20.3 Å². The van der Waals surface area contributed by atoms with Gasteiger partial charge in [0.2, 0.25) is 0 Å². The number of hydrogen-bond donors (Lipinski definition) is 1. The summed E-state index contributed by atoms with van der Waals surface area (Å²) in [6, 6.07) is 5.22. The number of H-pyrrole nitrogens is 1.